The van der Waals surface area contributed by atoms with Gasteiger partial charge >= 0.3 is 5.97 Å². The first-order valence-electron chi connectivity index (χ1n) is 13.1. The number of carbonyl (C=O) groups excluding carboxylic acids is 2. The summed E-state index contributed by atoms with van der Waals surface area (Å²) in [7, 11) is 1.53. The van der Waals surface area contributed by atoms with Gasteiger partial charge in [0.25, 0.3) is 0 Å². The number of rotatable bonds is 15. The molecule has 1 aliphatic carbocycles. The Bertz CT molecular complexity index is 1060. The topological polar surface area (TPSA) is 158 Å². The molecular formula is C28H39NO9. The van der Waals surface area contributed by atoms with E-state index in [0.717, 1.165) is 11.1 Å². The van der Waals surface area contributed by atoms with E-state index < -0.39 is 29.8 Å². The van der Waals surface area contributed by atoms with Crippen molar-refractivity contribution >= 4 is 23.9 Å². The molecule has 0 spiro atoms. The molecule has 4 N–H and O–H groups in total. The second-order valence-electron chi connectivity index (χ2n) is 10.2. The summed E-state index contributed by atoms with van der Waals surface area (Å²) in [5, 5.41) is 39.6. The average Bonchev–Trinajstić information content (AvgIpc) is 3.43. The lowest BCUT2D eigenvalue weighted by Crippen LogP contribution is -2.39. The quantitative estimate of drug-likeness (QED) is 0.151. The number of aliphatic carboxylic acids is 1. The summed E-state index contributed by atoms with van der Waals surface area (Å²) in [6, 6.07) is 3.45. The van der Waals surface area contributed by atoms with Crippen LogP contribution < -0.4 is 0 Å². The third kappa shape index (κ3) is 6.99. The number of aliphatic hydroxyl groups is 3. The van der Waals surface area contributed by atoms with Gasteiger partial charge in [-0.05, 0) is 68.4 Å². The van der Waals surface area contributed by atoms with Gasteiger partial charge < -0.3 is 29.6 Å². The molecule has 2 heterocycles. The lowest BCUT2D eigenvalue weighted by molar-refractivity contribution is -0.141. The number of hydrogen-bond donors (Lipinski definition) is 4. The van der Waals surface area contributed by atoms with Gasteiger partial charge in [0.1, 0.15) is 18.1 Å². The zero-order valence-electron chi connectivity index (χ0n) is 22.1. The van der Waals surface area contributed by atoms with Gasteiger partial charge in [0.2, 0.25) is 11.8 Å². The molecule has 1 aromatic heterocycles. The molecule has 210 valence electrons. The molecule has 1 aromatic rings. The summed E-state index contributed by atoms with van der Waals surface area (Å²) >= 11 is 0. The maximum absolute atomic E-state index is 13.3. The largest absolute Gasteiger partial charge is 0.481 e. The van der Waals surface area contributed by atoms with Gasteiger partial charge in [-0.2, -0.15) is 0 Å². The Morgan fingerprint density at radius 2 is 1.95 bits per heavy atom. The normalized spacial score (nSPS) is 22.8. The highest BCUT2D eigenvalue weighted by molar-refractivity contribution is 6.05. The number of imide groups is 1. The van der Waals surface area contributed by atoms with Gasteiger partial charge in [0.15, 0.2) is 0 Å². The van der Waals surface area contributed by atoms with Crippen molar-refractivity contribution in [3.63, 3.8) is 0 Å². The van der Waals surface area contributed by atoms with Crippen molar-refractivity contribution in [2.75, 3.05) is 26.9 Å². The Balaban J connectivity index is 1.72. The maximum Gasteiger partial charge on any atom is 0.303 e. The number of carboxylic acids is 1. The van der Waals surface area contributed by atoms with Crippen molar-refractivity contribution in [3.8, 4) is 0 Å². The molecule has 0 bridgehead atoms. The van der Waals surface area contributed by atoms with Gasteiger partial charge in [0, 0.05) is 26.0 Å². The SMILES string of the molecule is COCC1=C([C@H](O)CC/C(C)=C/c2ccc(CO)o2)[C@H](CO)[C@@H]2C(=O)N(CCCCCC(=O)O)C(=O)[C@@H]2C1. The number of ether oxygens (including phenoxy) is 1. The minimum Gasteiger partial charge on any atom is -0.481 e. The highest BCUT2D eigenvalue weighted by Crippen LogP contribution is 2.46. The molecule has 4 atom stereocenters. The van der Waals surface area contributed by atoms with E-state index in [9.17, 15) is 29.7 Å². The Hall–Kier alpha value is -2.79. The molecule has 10 heteroatoms. The molecule has 0 saturated carbocycles. The molecule has 0 unspecified atom stereocenters. The zero-order valence-corrected chi connectivity index (χ0v) is 22.1. The van der Waals surface area contributed by atoms with Gasteiger partial charge in [-0.15, -0.1) is 0 Å². The van der Waals surface area contributed by atoms with E-state index in [-0.39, 0.29) is 51.0 Å². The maximum atomic E-state index is 13.3. The Morgan fingerprint density at radius 1 is 1.18 bits per heavy atom. The zero-order chi connectivity index (χ0) is 27.8. The molecule has 2 amide bonds. The van der Waals surface area contributed by atoms with Gasteiger partial charge in [-0.1, -0.05) is 12.0 Å². The van der Waals surface area contributed by atoms with E-state index in [0.29, 0.717) is 49.2 Å². The lowest BCUT2D eigenvalue weighted by atomic mass is 9.68. The monoisotopic (exact) mass is 533 g/mol. The molecule has 38 heavy (non-hydrogen) atoms. The van der Waals surface area contributed by atoms with Crippen molar-refractivity contribution in [2.24, 2.45) is 17.8 Å². The van der Waals surface area contributed by atoms with E-state index in [1.807, 2.05) is 13.0 Å². The van der Waals surface area contributed by atoms with Crippen LogP contribution in [0, 0.1) is 17.8 Å². The highest BCUT2D eigenvalue weighted by Gasteiger charge is 2.54. The smallest absolute Gasteiger partial charge is 0.303 e. The number of unbranched alkanes of at least 4 members (excludes halogenated alkanes) is 2. The number of likely N-dealkylation sites (tertiary alicyclic amines) is 1. The molecule has 1 saturated heterocycles. The lowest BCUT2D eigenvalue weighted by Gasteiger charge is -2.36. The molecule has 0 radical (unpaired) electrons. The van der Waals surface area contributed by atoms with Crippen LogP contribution in [0.4, 0.5) is 0 Å². The molecular weight excluding hydrogens is 494 g/mol. The van der Waals surface area contributed by atoms with Crippen LogP contribution in [-0.2, 0) is 25.7 Å². The van der Waals surface area contributed by atoms with E-state index in [2.05, 4.69) is 0 Å². The first kappa shape index (κ1) is 29.8. The third-order valence-electron chi connectivity index (χ3n) is 7.46. The molecule has 10 nitrogen and oxygen atoms in total. The number of methoxy groups -OCH3 is 1. The van der Waals surface area contributed by atoms with Gasteiger partial charge in [-0.25, -0.2) is 0 Å². The Labute approximate surface area is 222 Å². The number of carbonyl (C=O) groups is 3. The van der Waals surface area contributed by atoms with E-state index >= 15 is 0 Å². The number of nitrogens with zero attached hydrogens (tertiary/aromatic N) is 1. The van der Waals surface area contributed by atoms with Crippen LogP contribution in [0.5, 0.6) is 0 Å². The van der Waals surface area contributed by atoms with E-state index in [4.69, 9.17) is 14.3 Å². The van der Waals surface area contributed by atoms with Crippen molar-refractivity contribution in [1.29, 1.82) is 0 Å². The molecule has 2 aliphatic rings. The number of furan rings is 1. The van der Waals surface area contributed by atoms with Crippen molar-refractivity contribution in [1.82, 2.24) is 4.90 Å². The highest BCUT2D eigenvalue weighted by atomic mass is 16.5. The van der Waals surface area contributed by atoms with Crippen LogP contribution in [0.2, 0.25) is 0 Å². The fourth-order valence-electron chi connectivity index (χ4n) is 5.67. The Kier molecular flexibility index (Phi) is 10.8. The van der Waals surface area contributed by atoms with Crippen LogP contribution in [0.25, 0.3) is 6.08 Å². The first-order chi connectivity index (χ1) is 18.2. The summed E-state index contributed by atoms with van der Waals surface area (Å²) in [4.78, 5) is 38.5. The summed E-state index contributed by atoms with van der Waals surface area (Å²) in [5.74, 6) is -2.47. The number of fused-ring (bicyclic) bond motifs is 1. The number of allylic oxidation sites excluding steroid dienone is 1. The fraction of sp³-hybridized carbons (Fsp3) is 0.607. The average molecular weight is 534 g/mol. The van der Waals surface area contributed by atoms with Gasteiger partial charge in [0.05, 0.1) is 31.2 Å². The minimum absolute atomic E-state index is 0.0468. The van der Waals surface area contributed by atoms with E-state index in [1.165, 1.54) is 12.0 Å². The fourth-order valence-corrected chi connectivity index (χ4v) is 5.67. The number of carboxylic acid groups (broad SMARTS) is 1. The Morgan fingerprint density at radius 3 is 2.58 bits per heavy atom. The van der Waals surface area contributed by atoms with Crippen molar-refractivity contribution < 1.29 is 44.0 Å². The molecule has 1 aliphatic heterocycles. The summed E-state index contributed by atoms with van der Waals surface area (Å²) in [6.07, 6.45) is 3.70. The number of hydrogen-bond acceptors (Lipinski definition) is 8. The van der Waals surface area contributed by atoms with Crippen molar-refractivity contribution in [3.05, 3.63) is 40.4 Å². The van der Waals surface area contributed by atoms with Crippen LogP contribution >= 0.6 is 0 Å². The van der Waals surface area contributed by atoms with Crippen LogP contribution in [-0.4, -0.2) is 76.1 Å². The van der Waals surface area contributed by atoms with E-state index in [1.54, 1.807) is 12.1 Å². The predicted molar refractivity (Wildman–Crippen MR) is 137 cm³/mol. The molecule has 1 fully saturated rings. The summed E-state index contributed by atoms with van der Waals surface area (Å²) in [6.45, 7) is 1.75. The summed E-state index contributed by atoms with van der Waals surface area (Å²) in [5.41, 5.74) is 2.27. The van der Waals surface area contributed by atoms with Crippen LogP contribution in [0.1, 0.15) is 63.4 Å². The third-order valence-corrected chi connectivity index (χ3v) is 7.46. The predicted octanol–water partition coefficient (Wildman–Crippen LogP) is 2.52. The summed E-state index contributed by atoms with van der Waals surface area (Å²) < 4.78 is 10.9. The van der Waals surface area contributed by atoms with Gasteiger partial charge in [-0.3, -0.25) is 19.3 Å². The first-order valence-corrected chi connectivity index (χ1v) is 13.1. The van der Waals surface area contributed by atoms with Crippen molar-refractivity contribution in [2.45, 2.75) is 64.6 Å². The number of amides is 2. The standard InChI is InChI=1S/C28H39NO9/c1-17(12-19-8-9-20(14-30)38-19)7-10-23(32)25-18(16-37-2)13-21-26(22(25)15-31)28(36)29(27(21)35)11-5-3-4-6-24(33)34/h8-9,12,21-23,26,30-32H,3-7,10-11,13-16H2,1-2H3,(H,33,34)/b17-12+/t21-,22+,23-,26-/m1/s1. The second-order valence-corrected chi connectivity index (χ2v) is 10.2. The van der Waals surface area contributed by atoms with Crippen LogP contribution in [0.3, 0.4) is 0 Å². The minimum atomic E-state index is -0.931. The number of aliphatic hydroxyl groups excluding tert-OH is 3. The molecule has 0 aromatic carbocycles. The van der Waals surface area contributed by atoms with Crippen LogP contribution in [0.15, 0.2) is 33.3 Å². The molecule has 3 rings (SSSR count). The second kappa shape index (κ2) is 13.8.